The van der Waals surface area contributed by atoms with Gasteiger partial charge >= 0.3 is 6.18 Å². The van der Waals surface area contributed by atoms with Crippen molar-refractivity contribution in [2.45, 2.75) is 31.7 Å². The van der Waals surface area contributed by atoms with Crippen molar-refractivity contribution in [2.75, 3.05) is 5.75 Å². The van der Waals surface area contributed by atoms with E-state index < -0.39 is 17.7 Å². The fourth-order valence-corrected chi connectivity index (χ4v) is 1.09. The smallest absolute Gasteiger partial charge is 0.289 e. The number of thioether (sulfide) groups is 1. The first-order valence-electron chi connectivity index (χ1n) is 3.37. The number of hydrogen-bond acceptors (Lipinski definition) is 2. The monoisotopic (exact) mass is 200 g/mol. The highest BCUT2D eigenvalue weighted by Crippen LogP contribution is 2.26. The van der Waals surface area contributed by atoms with Gasteiger partial charge in [0.25, 0.3) is 0 Å². The molecular formula is C7H11F3OS. The summed E-state index contributed by atoms with van der Waals surface area (Å²) >= 11 is 0.999. The summed E-state index contributed by atoms with van der Waals surface area (Å²) in [6.45, 7) is 5.30. The van der Waals surface area contributed by atoms with Gasteiger partial charge in [-0.15, -0.1) is 11.8 Å². The van der Waals surface area contributed by atoms with Crippen LogP contribution >= 0.6 is 11.8 Å². The Labute approximate surface area is 73.7 Å². The highest BCUT2D eigenvalue weighted by Gasteiger charge is 2.38. The quantitative estimate of drug-likeness (QED) is 0.681. The molecule has 5 heteroatoms. The molecule has 0 N–H and O–H groups in total. The molecule has 0 aliphatic heterocycles. The zero-order valence-electron chi connectivity index (χ0n) is 7.16. The van der Waals surface area contributed by atoms with Crippen LogP contribution in [-0.4, -0.2) is 22.5 Å². The first-order chi connectivity index (χ1) is 5.13. The van der Waals surface area contributed by atoms with E-state index in [0.29, 0.717) is 0 Å². The lowest BCUT2D eigenvalue weighted by atomic mass is 10.3. The molecule has 0 bridgehead atoms. The van der Waals surface area contributed by atoms with E-state index in [1.165, 1.54) is 0 Å². The molecule has 0 aromatic carbocycles. The van der Waals surface area contributed by atoms with Crippen molar-refractivity contribution in [1.82, 2.24) is 0 Å². The molecule has 72 valence electrons. The van der Waals surface area contributed by atoms with Gasteiger partial charge in [-0.1, -0.05) is 20.8 Å². The number of hydrogen-bond donors (Lipinski definition) is 0. The topological polar surface area (TPSA) is 17.1 Å². The standard InChI is InChI=1S/C7H11F3OS/c1-6(2,3)12-4-5(11)7(8,9)10/h4H2,1-3H3. The predicted octanol–water partition coefficient (Wildman–Crippen LogP) is 2.65. The van der Waals surface area contributed by atoms with Crippen molar-refractivity contribution >= 4 is 17.5 Å². The summed E-state index contributed by atoms with van der Waals surface area (Å²) in [5.41, 5.74) is 0. The van der Waals surface area contributed by atoms with Crippen molar-refractivity contribution < 1.29 is 18.0 Å². The lowest BCUT2D eigenvalue weighted by molar-refractivity contribution is -0.167. The molecule has 0 aliphatic carbocycles. The molecule has 0 atom stereocenters. The van der Waals surface area contributed by atoms with Gasteiger partial charge in [0.05, 0.1) is 5.75 Å². The normalized spacial score (nSPS) is 13.2. The third-order valence-electron chi connectivity index (χ3n) is 0.952. The van der Waals surface area contributed by atoms with Crippen LogP contribution in [0.15, 0.2) is 0 Å². The second kappa shape index (κ2) is 3.68. The third-order valence-corrected chi connectivity index (χ3v) is 2.23. The number of halogens is 3. The Morgan fingerprint density at radius 2 is 1.67 bits per heavy atom. The maximum atomic E-state index is 11.7. The molecule has 0 radical (unpaired) electrons. The van der Waals surface area contributed by atoms with Crippen LogP contribution in [0.1, 0.15) is 20.8 Å². The molecule has 0 amide bonds. The third kappa shape index (κ3) is 5.46. The van der Waals surface area contributed by atoms with Gasteiger partial charge in [0.2, 0.25) is 5.78 Å². The van der Waals surface area contributed by atoms with Crippen molar-refractivity contribution in [3.05, 3.63) is 0 Å². The summed E-state index contributed by atoms with van der Waals surface area (Å²) in [4.78, 5) is 10.4. The number of rotatable bonds is 2. The fraction of sp³-hybridized carbons (Fsp3) is 0.857. The summed E-state index contributed by atoms with van der Waals surface area (Å²) in [7, 11) is 0. The minimum Gasteiger partial charge on any atom is -0.289 e. The minimum absolute atomic E-state index is 0.305. The van der Waals surface area contributed by atoms with Gasteiger partial charge in [0, 0.05) is 4.75 Å². The van der Waals surface area contributed by atoms with E-state index in [0.717, 1.165) is 11.8 Å². The summed E-state index contributed by atoms with van der Waals surface area (Å²) in [6.07, 6.45) is -4.68. The Kier molecular flexibility index (Phi) is 3.62. The number of alkyl halides is 3. The van der Waals surface area contributed by atoms with Gasteiger partial charge in [-0.25, -0.2) is 0 Å². The number of Topliss-reactive ketones (excluding diaryl/α,β-unsaturated/α-hetero) is 1. The van der Waals surface area contributed by atoms with Crippen molar-refractivity contribution in [2.24, 2.45) is 0 Å². The van der Waals surface area contributed by atoms with Gasteiger partial charge < -0.3 is 0 Å². The SMILES string of the molecule is CC(C)(C)SCC(=O)C(F)(F)F. The van der Waals surface area contributed by atoms with E-state index >= 15 is 0 Å². The average molecular weight is 200 g/mol. The second-order valence-corrected chi connectivity index (χ2v) is 5.12. The summed E-state index contributed by atoms with van der Waals surface area (Å²) in [5.74, 6) is -2.16. The molecule has 0 aliphatic rings. The molecule has 0 unspecified atom stereocenters. The van der Waals surface area contributed by atoms with Crippen molar-refractivity contribution in [1.29, 1.82) is 0 Å². The Bertz CT molecular complexity index is 168. The Morgan fingerprint density at radius 1 is 1.25 bits per heavy atom. The summed E-state index contributed by atoms with van der Waals surface area (Å²) in [6, 6.07) is 0. The maximum absolute atomic E-state index is 11.7. The average Bonchev–Trinajstić information content (AvgIpc) is 1.78. The van der Waals surface area contributed by atoms with E-state index in [-0.39, 0.29) is 4.75 Å². The van der Waals surface area contributed by atoms with Crippen molar-refractivity contribution in [3.63, 3.8) is 0 Å². The highest BCUT2D eigenvalue weighted by atomic mass is 32.2. The molecule has 0 spiro atoms. The largest absolute Gasteiger partial charge is 0.450 e. The number of carbonyl (C=O) groups is 1. The van der Waals surface area contributed by atoms with Gasteiger partial charge in [-0.05, 0) is 0 Å². The first-order valence-corrected chi connectivity index (χ1v) is 4.35. The summed E-state index contributed by atoms with van der Waals surface area (Å²) < 4.78 is 34.7. The lowest BCUT2D eigenvalue weighted by Gasteiger charge is -2.17. The van der Waals surface area contributed by atoms with Gasteiger partial charge in [-0.3, -0.25) is 4.79 Å². The van der Waals surface area contributed by atoms with E-state index in [1.54, 1.807) is 20.8 Å². The van der Waals surface area contributed by atoms with E-state index in [2.05, 4.69) is 0 Å². The highest BCUT2D eigenvalue weighted by molar-refractivity contribution is 8.01. The Hall–Kier alpha value is -0.190. The predicted molar refractivity (Wildman–Crippen MR) is 43.3 cm³/mol. The van der Waals surface area contributed by atoms with Crippen LogP contribution in [0.2, 0.25) is 0 Å². The summed E-state index contributed by atoms with van der Waals surface area (Å²) in [5, 5.41) is 0. The molecular weight excluding hydrogens is 189 g/mol. The molecule has 0 rings (SSSR count). The van der Waals surface area contributed by atoms with E-state index in [9.17, 15) is 18.0 Å². The molecule has 12 heavy (non-hydrogen) atoms. The van der Waals surface area contributed by atoms with Crippen LogP contribution < -0.4 is 0 Å². The molecule has 0 aromatic heterocycles. The van der Waals surface area contributed by atoms with E-state index in [4.69, 9.17) is 0 Å². The van der Waals surface area contributed by atoms with Crippen LogP contribution in [0.4, 0.5) is 13.2 Å². The van der Waals surface area contributed by atoms with Gasteiger partial charge in [-0.2, -0.15) is 13.2 Å². The van der Waals surface area contributed by atoms with Gasteiger partial charge in [0.1, 0.15) is 0 Å². The first kappa shape index (κ1) is 11.8. The van der Waals surface area contributed by atoms with Crippen LogP contribution in [0, 0.1) is 0 Å². The molecule has 0 heterocycles. The maximum Gasteiger partial charge on any atom is 0.450 e. The van der Waals surface area contributed by atoms with Crippen LogP contribution in [-0.2, 0) is 4.79 Å². The van der Waals surface area contributed by atoms with Crippen LogP contribution in [0.5, 0.6) is 0 Å². The van der Waals surface area contributed by atoms with Crippen LogP contribution in [0.3, 0.4) is 0 Å². The van der Waals surface area contributed by atoms with Gasteiger partial charge in [0.15, 0.2) is 0 Å². The number of ketones is 1. The Balaban J connectivity index is 3.90. The minimum atomic E-state index is -4.68. The zero-order valence-corrected chi connectivity index (χ0v) is 7.97. The van der Waals surface area contributed by atoms with Crippen molar-refractivity contribution in [3.8, 4) is 0 Å². The van der Waals surface area contributed by atoms with Crippen LogP contribution in [0.25, 0.3) is 0 Å². The second-order valence-electron chi connectivity index (χ2n) is 3.32. The lowest BCUT2D eigenvalue weighted by Crippen LogP contribution is -2.26. The zero-order chi connectivity index (χ0) is 9.99. The molecule has 0 aromatic rings. The van der Waals surface area contributed by atoms with E-state index in [1.807, 2.05) is 0 Å². The molecule has 1 nitrogen and oxygen atoms in total. The number of carbonyl (C=O) groups excluding carboxylic acids is 1. The molecule has 0 saturated heterocycles. The molecule has 0 fully saturated rings. The fourth-order valence-electron chi connectivity index (χ4n) is 0.364. The Morgan fingerprint density at radius 3 is 1.92 bits per heavy atom. The molecule has 0 saturated carbocycles.